The minimum atomic E-state index is -0.465. The molecule has 0 aliphatic carbocycles. The molecule has 3 nitrogen and oxygen atoms in total. The van der Waals surface area contributed by atoms with Gasteiger partial charge in [0.15, 0.2) is 0 Å². The average molecular weight is 203 g/mol. The SMILES string of the molecule is CC=CC(=O)ON=C(C)c1ccccc1. The Morgan fingerprint density at radius 2 is 2.00 bits per heavy atom. The zero-order valence-corrected chi connectivity index (χ0v) is 8.81. The van der Waals surface area contributed by atoms with Gasteiger partial charge in [-0.15, -0.1) is 0 Å². The van der Waals surface area contributed by atoms with E-state index >= 15 is 0 Å². The highest BCUT2D eigenvalue weighted by atomic mass is 16.7. The average Bonchev–Trinajstić information content (AvgIpc) is 2.27. The molecule has 15 heavy (non-hydrogen) atoms. The fraction of sp³-hybridized carbons (Fsp3) is 0.167. The molecule has 0 fully saturated rings. The van der Waals surface area contributed by atoms with E-state index in [0.29, 0.717) is 5.71 Å². The molecule has 0 aliphatic heterocycles. The van der Waals surface area contributed by atoms with Gasteiger partial charge in [0.1, 0.15) is 0 Å². The summed E-state index contributed by atoms with van der Waals surface area (Å²) in [6.45, 7) is 3.54. The van der Waals surface area contributed by atoms with Gasteiger partial charge in [-0.2, -0.15) is 0 Å². The first-order valence-corrected chi connectivity index (χ1v) is 4.67. The Bertz CT molecular complexity index is 380. The fourth-order valence-corrected chi connectivity index (χ4v) is 1.01. The van der Waals surface area contributed by atoms with Crippen LogP contribution in [0.15, 0.2) is 47.6 Å². The van der Waals surface area contributed by atoms with Crippen LogP contribution < -0.4 is 0 Å². The fourth-order valence-electron chi connectivity index (χ4n) is 1.01. The number of carbonyl (C=O) groups is 1. The van der Waals surface area contributed by atoms with Crippen LogP contribution in [0.1, 0.15) is 19.4 Å². The van der Waals surface area contributed by atoms with E-state index in [1.54, 1.807) is 19.9 Å². The molecule has 0 spiro atoms. The molecule has 0 bridgehead atoms. The second-order valence-corrected chi connectivity index (χ2v) is 2.95. The number of oxime groups is 1. The normalized spacial score (nSPS) is 11.7. The van der Waals surface area contributed by atoms with Crippen molar-refractivity contribution >= 4 is 11.7 Å². The van der Waals surface area contributed by atoms with Crippen LogP contribution in [0.2, 0.25) is 0 Å². The number of hydrogen-bond acceptors (Lipinski definition) is 3. The largest absolute Gasteiger partial charge is 0.358 e. The van der Waals surface area contributed by atoms with Crippen molar-refractivity contribution in [1.29, 1.82) is 0 Å². The van der Waals surface area contributed by atoms with Crippen LogP contribution in [-0.4, -0.2) is 11.7 Å². The molecular weight excluding hydrogens is 190 g/mol. The van der Waals surface area contributed by atoms with Crippen molar-refractivity contribution in [2.75, 3.05) is 0 Å². The number of benzene rings is 1. The summed E-state index contributed by atoms with van der Waals surface area (Å²) < 4.78 is 0. The highest BCUT2D eigenvalue weighted by Crippen LogP contribution is 2.01. The maximum Gasteiger partial charge on any atom is 0.358 e. The number of carbonyl (C=O) groups excluding carboxylic acids is 1. The van der Waals surface area contributed by atoms with Crippen molar-refractivity contribution in [3.8, 4) is 0 Å². The van der Waals surface area contributed by atoms with Gasteiger partial charge in [-0.25, -0.2) is 4.79 Å². The topological polar surface area (TPSA) is 38.7 Å². The minimum absolute atomic E-state index is 0.465. The van der Waals surface area contributed by atoms with Gasteiger partial charge in [0.25, 0.3) is 0 Å². The molecule has 78 valence electrons. The third-order valence-electron chi connectivity index (χ3n) is 1.77. The molecule has 0 saturated carbocycles. The Morgan fingerprint density at radius 1 is 1.33 bits per heavy atom. The monoisotopic (exact) mass is 203 g/mol. The number of hydrogen-bond donors (Lipinski definition) is 0. The van der Waals surface area contributed by atoms with Gasteiger partial charge in [0.05, 0.1) is 5.71 Å². The van der Waals surface area contributed by atoms with Crippen LogP contribution in [0.4, 0.5) is 0 Å². The summed E-state index contributed by atoms with van der Waals surface area (Å²) in [5.74, 6) is -0.465. The Labute approximate surface area is 89.1 Å². The van der Waals surface area contributed by atoms with E-state index in [2.05, 4.69) is 9.99 Å². The van der Waals surface area contributed by atoms with Crippen LogP contribution >= 0.6 is 0 Å². The lowest BCUT2D eigenvalue weighted by atomic mass is 10.1. The van der Waals surface area contributed by atoms with Gasteiger partial charge in [-0.3, -0.25) is 0 Å². The Morgan fingerprint density at radius 3 is 2.60 bits per heavy atom. The first-order valence-electron chi connectivity index (χ1n) is 4.67. The molecule has 0 atom stereocenters. The second-order valence-electron chi connectivity index (χ2n) is 2.95. The van der Waals surface area contributed by atoms with E-state index in [9.17, 15) is 4.79 Å². The van der Waals surface area contributed by atoms with E-state index < -0.39 is 5.97 Å². The van der Waals surface area contributed by atoms with Crippen molar-refractivity contribution in [1.82, 2.24) is 0 Å². The maximum absolute atomic E-state index is 11.0. The molecule has 0 aliphatic rings. The molecule has 0 N–H and O–H groups in total. The van der Waals surface area contributed by atoms with Crippen LogP contribution in [0.3, 0.4) is 0 Å². The van der Waals surface area contributed by atoms with E-state index in [-0.39, 0.29) is 0 Å². The molecular formula is C12H13NO2. The van der Waals surface area contributed by atoms with Crippen molar-refractivity contribution in [3.63, 3.8) is 0 Å². The van der Waals surface area contributed by atoms with Gasteiger partial charge >= 0.3 is 5.97 Å². The van der Waals surface area contributed by atoms with Gasteiger partial charge < -0.3 is 4.84 Å². The molecule has 3 heteroatoms. The van der Waals surface area contributed by atoms with Gasteiger partial charge in [0, 0.05) is 6.08 Å². The first kappa shape index (κ1) is 11.2. The quantitative estimate of drug-likeness (QED) is 0.328. The summed E-state index contributed by atoms with van der Waals surface area (Å²) in [4.78, 5) is 15.6. The molecule has 0 aromatic heterocycles. The smallest absolute Gasteiger partial charge is 0.313 e. The van der Waals surface area contributed by atoms with Crippen molar-refractivity contribution in [2.24, 2.45) is 5.16 Å². The molecule has 0 amide bonds. The molecule has 1 aromatic rings. The Kier molecular flexibility index (Phi) is 4.29. The summed E-state index contributed by atoms with van der Waals surface area (Å²) in [5, 5.41) is 3.73. The lowest BCUT2D eigenvalue weighted by Gasteiger charge is -1.98. The first-order chi connectivity index (χ1) is 7.24. The van der Waals surface area contributed by atoms with Crippen LogP contribution in [-0.2, 0) is 9.63 Å². The number of rotatable bonds is 3. The molecule has 0 radical (unpaired) electrons. The maximum atomic E-state index is 11.0. The Hall–Kier alpha value is -1.90. The summed E-state index contributed by atoms with van der Waals surface area (Å²) in [6.07, 6.45) is 2.93. The Balaban J connectivity index is 2.65. The minimum Gasteiger partial charge on any atom is -0.313 e. The zero-order chi connectivity index (χ0) is 11.1. The highest BCUT2D eigenvalue weighted by molar-refractivity contribution is 5.98. The molecule has 0 saturated heterocycles. The highest BCUT2D eigenvalue weighted by Gasteiger charge is 1.98. The third-order valence-corrected chi connectivity index (χ3v) is 1.77. The van der Waals surface area contributed by atoms with Gasteiger partial charge in [0.2, 0.25) is 0 Å². The second kappa shape index (κ2) is 5.75. The van der Waals surface area contributed by atoms with E-state index in [4.69, 9.17) is 0 Å². The lowest BCUT2D eigenvalue weighted by Crippen LogP contribution is -2.00. The molecule has 1 aromatic carbocycles. The molecule has 0 unspecified atom stereocenters. The number of nitrogens with zero attached hydrogens (tertiary/aromatic N) is 1. The van der Waals surface area contributed by atoms with Crippen molar-refractivity contribution in [3.05, 3.63) is 48.0 Å². The predicted octanol–water partition coefficient (Wildman–Crippen LogP) is 2.53. The molecule has 1 rings (SSSR count). The van der Waals surface area contributed by atoms with Crippen molar-refractivity contribution < 1.29 is 9.63 Å². The van der Waals surface area contributed by atoms with Crippen molar-refractivity contribution in [2.45, 2.75) is 13.8 Å². The van der Waals surface area contributed by atoms with Gasteiger partial charge in [-0.1, -0.05) is 41.6 Å². The van der Waals surface area contributed by atoms with E-state index in [1.165, 1.54) is 6.08 Å². The number of allylic oxidation sites excluding steroid dienone is 1. The van der Waals surface area contributed by atoms with Crippen LogP contribution in [0.25, 0.3) is 0 Å². The molecule has 0 heterocycles. The zero-order valence-electron chi connectivity index (χ0n) is 8.81. The standard InChI is InChI=1S/C12H13NO2/c1-3-7-12(14)15-13-10(2)11-8-5-4-6-9-11/h3-9H,1-2H3. The van der Waals surface area contributed by atoms with Crippen LogP contribution in [0.5, 0.6) is 0 Å². The lowest BCUT2D eigenvalue weighted by molar-refractivity contribution is -0.137. The van der Waals surface area contributed by atoms with Gasteiger partial charge in [-0.05, 0) is 19.4 Å². The summed E-state index contributed by atoms with van der Waals surface area (Å²) in [5.41, 5.74) is 1.61. The summed E-state index contributed by atoms with van der Waals surface area (Å²) >= 11 is 0. The van der Waals surface area contributed by atoms with Crippen LogP contribution in [0, 0.1) is 0 Å². The van der Waals surface area contributed by atoms with E-state index in [0.717, 1.165) is 5.56 Å². The third kappa shape index (κ3) is 3.77. The summed E-state index contributed by atoms with van der Waals surface area (Å²) in [7, 11) is 0. The van der Waals surface area contributed by atoms with E-state index in [1.807, 2.05) is 30.3 Å². The summed E-state index contributed by atoms with van der Waals surface area (Å²) in [6, 6.07) is 9.54. The predicted molar refractivity (Wildman–Crippen MR) is 59.6 cm³/mol.